The van der Waals surface area contributed by atoms with E-state index < -0.39 is 0 Å². The second-order valence-corrected chi connectivity index (χ2v) is 9.22. The molecule has 1 aromatic carbocycles. The van der Waals surface area contributed by atoms with Gasteiger partial charge < -0.3 is 10.2 Å². The van der Waals surface area contributed by atoms with Crippen LogP contribution >= 0.6 is 15.9 Å². The molecule has 0 saturated carbocycles. The van der Waals surface area contributed by atoms with E-state index in [0.717, 1.165) is 61.2 Å². The Bertz CT molecular complexity index is 918. The molecule has 0 aliphatic carbocycles. The maximum absolute atomic E-state index is 12.6. The summed E-state index contributed by atoms with van der Waals surface area (Å²) in [7, 11) is 1.90. The molecule has 0 aliphatic heterocycles. The second-order valence-electron chi connectivity index (χ2n) is 8.37. The van der Waals surface area contributed by atoms with Gasteiger partial charge in [0.2, 0.25) is 5.91 Å². The van der Waals surface area contributed by atoms with Gasteiger partial charge in [-0.2, -0.15) is 5.10 Å². The summed E-state index contributed by atoms with van der Waals surface area (Å²) in [6.45, 7) is 11.4. The lowest BCUT2D eigenvalue weighted by Crippen LogP contribution is -2.34. The van der Waals surface area contributed by atoms with Crippen LogP contribution in [0.2, 0.25) is 0 Å². The van der Waals surface area contributed by atoms with Crippen molar-refractivity contribution < 1.29 is 4.79 Å². The number of benzene rings is 1. The van der Waals surface area contributed by atoms with E-state index in [2.05, 4.69) is 70.2 Å². The molecular formula is C26H37BrN4O. The van der Waals surface area contributed by atoms with E-state index in [4.69, 9.17) is 0 Å². The molecule has 1 heterocycles. The van der Waals surface area contributed by atoms with Crippen molar-refractivity contribution in [2.75, 3.05) is 20.1 Å². The number of aryl methyl sites for hydroxylation is 1. The SMILES string of the molecule is C=CCCCC(C)C(=O)N(C)CCCN/C(=C/Cc1ccccc1C)n1ncc(Br)c1C. The van der Waals surface area contributed by atoms with Gasteiger partial charge in [0, 0.05) is 26.1 Å². The summed E-state index contributed by atoms with van der Waals surface area (Å²) in [6.07, 6.45) is 10.5. The molecule has 0 spiro atoms. The first-order valence-corrected chi connectivity index (χ1v) is 12.2. The molecule has 2 aromatic rings. The first kappa shape index (κ1) is 25.9. The van der Waals surface area contributed by atoms with E-state index >= 15 is 0 Å². The van der Waals surface area contributed by atoms with Crippen LogP contribution in [0.4, 0.5) is 0 Å². The minimum absolute atomic E-state index is 0.0570. The summed E-state index contributed by atoms with van der Waals surface area (Å²) >= 11 is 3.56. The molecule has 0 saturated heterocycles. The maximum Gasteiger partial charge on any atom is 0.225 e. The minimum Gasteiger partial charge on any atom is -0.370 e. The highest BCUT2D eigenvalue weighted by Gasteiger charge is 2.16. The van der Waals surface area contributed by atoms with Crippen LogP contribution in [0.1, 0.15) is 49.4 Å². The summed E-state index contributed by atoms with van der Waals surface area (Å²) in [6, 6.07) is 8.43. The molecule has 0 fully saturated rings. The molecule has 32 heavy (non-hydrogen) atoms. The number of allylic oxidation sites excluding steroid dienone is 2. The molecule has 5 nitrogen and oxygen atoms in total. The van der Waals surface area contributed by atoms with Crippen LogP contribution in [-0.2, 0) is 11.2 Å². The number of rotatable bonds is 13. The van der Waals surface area contributed by atoms with Gasteiger partial charge in [-0.3, -0.25) is 4.79 Å². The topological polar surface area (TPSA) is 50.2 Å². The van der Waals surface area contributed by atoms with Crippen molar-refractivity contribution in [1.29, 1.82) is 0 Å². The van der Waals surface area contributed by atoms with Crippen molar-refractivity contribution in [1.82, 2.24) is 20.0 Å². The van der Waals surface area contributed by atoms with Crippen molar-refractivity contribution in [3.63, 3.8) is 0 Å². The van der Waals surface area contributed by atoms with E-state index in [1.165, 1.54) is 11.1 Å². The average molecular weight is 502 g/mol. The zero-order valence-electron chi connectivity index (χ0n) is 19.9. The Hall–Kier alpha value is -2.34. The zero-order chi connectivity index (χ0) is 23.5. The van der Waals surface area contributed by atoms with E-state index in [9.17, 15) is 4.79 Å². The predicted octanol–water partition coefficient (Wildman–Crippen LogP) is 5.73. The Labute approximate surface area is 201 Å². The van der Waals surface area contributed by atoms with Gasteiger partial charge >= 0.3 is 0 Å². The highest BCUT2D eigenvalue weighted by atomic mass is 79.9. The smallest absolute Gasteiger partial charge is 0.225 e. The van der Waals surface area contributed by atoms with Crippen molar-refractivity contribution >= 4 is 27.7 Å². The summed E-state index contributed by atoms with van der Waals surface area (Å²) in [5.41, 5.74) is 3.63. The van der Waals surface area contributed by atoms with Crippen molar-refractivity contribution in [3.8, 4) is 0 Å². The number of halogens is 1. The Balaban J connectivity index is 1.95. The second kappa shape index (κ2) is 13.3. The van der Waals surface area contributed by atoms with Crippen LogP contribution < -0.4 is 5.32 Å². The van der Waals surface area contributed by atoms with Crippen LogP contribution in [0.3, 0.4) is 0 Å². The summed E-state index contributed by atoms with van der Waals surface area (Å²) in [4.78, 5) is 14.4. The lowest BCUT2D eigenvalue weighted by molar-refractivity contribution is -0.133. The monoisotopic (exact) mass is 500 g/mol. The summed E-state index contributed by atoms with van der Waals surface area (Å²) < 4.78 is 2.91. The van der Waals surface area contributed by atoms with Crippen LogP contribution in [-0.4, -0.2) is 40.7 Å². The van der Waals surface area contributed by atoms with Crippen LogP contribution in [0.15, 0.2) is 53.7 Å². The van der Waals surface area contributed by atoms with Gasteiger partial charge in [-0.05, 0) is 79.1 Å². The number of hydrogen-bond acceptors (Lipinski definition) is 3. The van der Waals surface area contributed by atoms with Gasteiger partial charge in [0.25, 0.3) is 0 Å². The quantitative estimate of drug-likeness (QED) is 0.282. The number of aromatic nitrogens is 2. The molecule has 2 rings (SSSR count). The van der Waals surface area contributed by atoms with Gasteiger partial charge in [-0.25, -0.2) is 4.68 Å². The van der Waals surface area contributed by atoms with Gasteiger partial charge in [-0.15, -0.1) is 6.58 Å². The third-order valence-electron chi connectivity index (χ3n) is 5.77. The standard InChI is InChI=1S/C26H37BrN4O/c1-6-7-8-13-21(3)26(32)30(5)18-11-17-28-25(31-22(4)24(27)19-29-31)16-15-23-14-10-9-12-20(23)2/h6,9-10,12,14,16,19,21,28H,1,7-8,11,13,15,17-18H2,2-5H3/b25-16-. The average Bonchev–Trinajstić information content (AvgIpc) is 3.11. The molecule has 0 bridgehead atoms. The Morgan fingerprint density at radius 2 is 2.06 bits per heavy atom. The lowest BCUT2D eigenvalue weighted by Gasteiger charge is -2.22. The van der Waals surface area contributed by atoms with Gasteiger partial charge in [-0.1, -0.05) is 37.3 Å². The number of carbonyl (C=O) groups is 1. The first-order chi connectivity index (χ1) is 15.3. The highest BCUT2D eigenvalue weighted by molar-refractivity contribution is 9.10. The fourth-order valence-electron chi connectivity index (χ4n) is 3.62. The van der Waals surface area contributed by atoms with Gasteiger partial charge in [0.15, 0.2) is 0 Å². The van der Waals surface area contributed by atoms with Crippen LogP contribution in [0.5, 0.6) is 0 Å². The number of unbranched alkanes of at least 4 members (excludes halogenated alkanes) is 1. The number of carbonyl (C=O) groups excluding carboxylic acids is 1. The lowest BCUT2D eigenvalue weighted by atomic mass is 10.0. The Kier molecular flexibility index (Phi) is 10.7. The number of nitrogens with one attached hydrogen (secondary N) is 1. The van der Waals surface area contributed by atoms with E-state index in [1.54, 1.807) is 0 Å². The molecular weight excluding hydrogens is 464 g/mol. The molecule has 1 unspecified atom stereocenters. The molecule has 1 aromatic heterocycles. The fourth-order valence-corrected chi connectivity index (χ4v) is 3.88. The minimum atomic E-state index is 0.0570. The van der Waals surface area contributed by atoms with Crippen molar-refractivity contribution in [3.05, 3.63) is 70.5 Å². The fraction of sp³-hybridized carbons (Fsp3) is 0.462. The molecule has 6 heteroatoms. The molecule has 1 atom stereocenters. The number of hydrogen-bond donors (Lipinski definition) is 1. The van der Waals surface area contributed by atoms with Crippen molar-refractivity contribution in [2.45, 2.75) is 52.9 Å². The third kappa shape index (κ3) is 7.66. The van der Waals surface area contributed by atoms with Crippen LogP contribution in [0, 0.1) is 19.8 Å². The van der Waals surface area contributed by atoms with E-state index in [1.807, 2.05) is 42.7 Å². The third-order valence-corrected chi connectivity index (χ3v) is 6.55. The summed E-state index contributed by atoms with van der Waals surface area (Å²) in [5.74, 6) is 1.24. The molecule has 1 amide bonds. The summed E-state index contributed by atoms with van der Waals surface area (Å²) in [5, 5.41) is 8.06. The predicted molar refractivity (Wildman–Crippen MR) is 137 cm³/mol. The molecule has 0 aliphatic rings. The van der Waals surface area contributed by atoms with Crippen LogP contribution in [0.25, 0.3) is 5.82 Å². The Morgan fingerprint density at radius 3 is 2.72 bits per heavy atom. The van der Waals surface area contributed by atoms with E-state index in [0.29, 0.717) is 0 Å². The van der Waals surface area contributed by atoms with Gasteiger partial charge in [0.05, 0.1) is 16.4 Å². The first-order valence-electron chi connectivity index (χ1n) is 11.4. The molecule has 1 N–H and O–H groups in total. The number of amides is 1. The highest BCUT2D eigenvalue weighted by Crippen LogP contribution is 2.18. The largest absolute Gasteiger partial charge is 0.370 e. The molecule has 0 radical (unpaired) electrons. The van der Waals surface area contributed by atoms with E-state index in [-0.39, 0.29) is 11.8 Å². The number of nitrogens with zero attached hydrogens (tertiary/aromatic N) is 3. The van der Waals surface area contributed by atoms with Crippen molar-refractivity contribution in [2.24, 2.45) is 5.92 Å². The Morgan fingerprint density at radius 1 is 1.31 bits per heavy atom. The van der Waals surface area contributed by atoms with Gasteiger partial charge in [0.1, 0.15) is 5.82 Å². The maximum atomic E-state index is 12.6. The normalized spacial score (nSPS) is 12.5. The zero-order valence-corrected chi connectivity index (χ0v) is 21.5. The molecule has 174 valence electrons.